The van der Waals surface area contributed by atoms with Gasteiger partial charge in [-0.15, -0.1) is 0 Å². The van der Waals surface area contributed by atoms with Crippen LogP contribution in [0.5, 0.6) is 0 Å². The fourth-order valence-corrected chi connectivity index (χ4v) is 6.12. The smallest absolute Gasteiger partial charge is 0.222 e. The second-order valence-electron chi connectivity index (χ2n) is 8.77. The summed E-state index contributed by atoms with van der Waals surface area (Å²) in [5, 5.41) is 3.72. The van der Waals surface area contributed by atoms with Gasteiger partial charge in [-0.3, -0.25) is 0 Å². The summed E-state index contributed by atoms with van der Waals surface area (Å²) in [4.78, 5) is 12.1. The van der Waals surface area contributed by atoms with Gasteiger partial charge < -0.3 is 16.0 Å². The van der Waals surface area contributed by atoms with Crippen molar-refractivity contribution in [1.82, 2.24) is 15.3 Å². The molecule has 136 valence electrons. The second kappa shape index (κ2) is 6.11. The first-order valence-corrected chi connectivity index (χ1v) is 10.4. The SMILES string of the molecule is Nc1nc(N2CC[C@H]3NCCC[C@@H]3C2)c2c(n1)C1(CCCC1)CCC2. The van der Waals surface area contributed by atoms with E-state index >= 15 is 0 Å². The molecule has 0 amide bonds. The van der Waals surface area contributed by atoms with Gasteiger partial charge in [-0.25, -0.2) is 4.98 Å². The third-order valence-corrected chi connectivity index (χ3v) is 7.34. The summed E-state index contributed by atoms with van der Waals surface area (Å²) in [6, 6.07) is 0.709. The summed E-state index contributed by atoms with van der Waals surface area (Å²) < 4.78 is 0. The third-order valence-electron chi connectivity index (χ3n) is 7.34. The lowest BCUT2D eigenvalue weighted by Crippen LogP contribution is -2.52. The van der Waals surface area contributed by atoms with E-state index in [1.165, 1.54) is 81.4 Å². The van der Waals surface area contributed by atoms with Crippen molar-refractivity contribution >= 4 is 11.8 Å². The van der Waals surface area contributed by atoms with E-state index in [0.717, 1.165) is 25.4 Å². The minimum Gasteiger partial charge on any atom is -0.368 e. The van der Waals surface area contributed by atoms with Crippen LogP contribution in [-0.2, 0) is 11.8 Å². The number of nitrogens with two attached hydrogens (primary N) is 1. The number of nitrogens with zero attached hydrogens (tertiary/aromatic N) is 3. The van der Waals surface area contributed by atoms with Crippen molar-refractivity contribution in [2.45, 2.75) is 75.7 Å². The van der Waals surface area contributed by atoms with Crippen LogP contribution >= 0.6 is 0 Å². The van der Waals surface area contributed by atoms with Gasteiger partial charge in [0.15, 0.2) is 0 Å². The Labute approximate surface area is 150 Å². The Balaban J connectivity index is 1.51. The maximum atomic E-state index is 6.21. The van der Waals surface area contributed by atoms with E-state index in [2.05, 4.69) is 10.2 Å². The Morgan fingerprint density at radius 2 is 1.88 bits per heavy atom. The molecule has 5 heteroatoms. The van der Waals surface area contributed by atoms with Gasteiger partial charge in [-0.05, 0) is 63.8 Å². The fraction of sp³-hybridized carbons (Fsp3) is 0.800. The average Bonchev–Trinajstić information content (AvgIpc) is 3.11. The summed E-state index contributed by atoms with van der Waals surface area (Å²) >= 11 is 0. The Hall–Kier alpha value is -1.36. The lowest BCUT2D eigenvalue weighted by Gasteiger charge is -2.44. The van der Waals surface area contributed by atoms with E-state index in [9.17, 15) is 0 Å². The second-order valence-corrected chi connectivity index (χ2v) is 8.77. The first-order valence-electron chi connectivity index (χ1n) is 10.4. The van der Waals surface area contributed by atoms with E-state index in [0.29, 0.717) is 17.4 Å². The zero-order chi connectivity index (χ0) is 16.9. The van der Waals surface area contributed by atoms with Gasteiger partial charge in [0.25, 0.3) is 0 Å². The molecule has 3 fully saturated rings. The average molecular weight is 342 g/mol. The largest absolute Gasteiger partial charge is 0.368 e. The van der Waals surface area contributed by atoms with Crippen LogP contribution < -0.4 is 16.0 Å². The van der Waals surface area contributed by atoms with Gasteiger partial charge in [-0.2, -0.15) is 4.98 Å². The molecule has 5 rings (SSSR count). The molecule has 3 N–H and O–H groups in total. The zero-order valence-electron chi connectivity index (χ0n) is 15.3. The molecule has 2 aliphatic carbocycles. The van der Waals surface area contributed by atoms with Crippen molar-refractivity contribution in [3.63, 3.8) is 0 Å². The summed E-state index contributed by atoms with van der Waals surface area (Å²) in [6.07, 6.45) is 12.9. The molecule has 1 spiro atoms. The third kappa shape index (κ3) is 2.62. The number of rotatable bonds is 1. The highest BCUT2D eigenvalue weighted by Gasteiger charge is 2.42. The van der Waals surface area contributed by atoms with Gasteiger partial charge in [-0.1, -0.05) is 12.8 Å². The van der Waals surface area contributed by atoms with Gasteiger partial charge >= 0.3 is 0 Å². The first-order chi connectivity index (χ1) is 12.3. The number of hydrogen-bond acceptors (Lipinski definition) is 5. The fourth-order valence-electron chi connectivity index (χ4n) is 6.12. The molecule has 0 radical (unpaired) electrons. The summed E-state index contributed by atoms with van der Waals surface area (Å²) in [7, 11) is 0. The molecule has 2 saturated heterocycles. The molecular formula is C20H31N5. The van der Waals surface area contributed by atoms with Crippen molar-refractivity contribution in [1.29, 1.82) is 0 Å². The normalized spacial score (nSPS) is 31.0. The lowest BCUT2D eigenvalue weighted by molar-refractivity contribution is 0.243. The Morgan fingerprint density at radius 1 is 1.04 bits per heavy atom. The number of nitrogens with one attached hydrogen (secondary N) is 1. The van der Waals surface area contributed by atoms with Crippen LogP contribution in [0, 0.1) is 5.92 Å². The molecule has 0 unspecified atom stereocenters. The van der Waals surface area contributed by atoms with Crippen molar-refractivity contribution in [2.24, 2.45) is 5.92 Å². The van der Waals surface area contributed by atoms with Crippen LogP contribution in [0.25, 0.3) is 0 Å². The van der Waals surface area contributed by atoms with Crippen molar-refractivity contribution in [2.75, 3.05) is 30.3 Å². The minimum absolute atomic E-state index is 0.310. The number of piperidine rings is 2. The zero-order valence-corrected chi connectivity index (χ0v) is 15.3. The maximum Gasteiger partial charge on any atom is 0.222 e. The molecule has 4 aliphatic rings. The van der Waals surface area contributed by atoms with E-state index in [4.69, 9.17) is 15.7 Å². The van der Waals surface area contributed by atoms with Crippen molar-refractivity contribution < 1.29 is 0 Å². The first kappa shape index (κ1) is 15.9. The molecule has 1 aromatic heterocycles. The van der Waals surface area contributed by atoms with Crippen LogP contribution in [0.15, 0.2) is 0 Å². The molecule has 0 bridgehead atoms. The molecule has 1 saturated carbocycles. The number of aromatic nitrogens is 2. The summed E-state index contributed by atoms with van der Waals surface area (Å²) in [6.45, 7) is 3.43. The molecule has 0 aromatic carbocycles. The molecule has 25 heavy (non-hydrogen) atoms. The molecule has 1 aromatic rings. The van der Waals surface area contributed by atoms with Crippen LogP contribution in [0.3, 0.4) is 0 Å². The molecule has 5 nitrogen and oxygen atoms in total. The minimum atomic E-state index is 0.310. The van der Waals surface area contributed by atoms with E-state index in [-0.39, 0.29) is 0 Å². The van der Waals surface area contributed by atoms with Crippen LogP contribution in [0.2, 0.25) is 0 Å². The highest BCUT2D eigenvalue weighted by Crippen LogP contribution is 2.49. The van der Waals surface area contributed by atoms with Gasteiger partial charge in [0.05, 0.1) is 5.69 Å². The van der Waals surface area contributed by atoms with Crippen LogP contribution in [-0.4, -0.2) is 35.6 Å². The predicted molar refractivity (Wildman–Crippen MR) is 101 cm³/mol. The van der Waals surface area contributed by atoms with Crippen LogP contribution in [0.4, 0.5) is 11.8 Å². The summed E-state index contributed by atoms with van der Waals surface area (Å²) in [5.74, 6) is 2.43. The highest BCUT2D eigenvalue weighted by atomic mass is 15.2. The Kier molecular flexibility index (Phi) is 3.88. The highest BCUT2D eigenvalue weighted by molar-refractivity contribution is 5.55. The topological polar surface area (TPSA) is 67.1 Å². The molecule has 2 atom stereocenters. The Morgan fingerprint density at radius 3 is 2.76 bits per heavy atom. The van der Waals surface area contributed by atoms with E-state index < -0.39 is 0 Å². The molecular weight excluding hydrogens is 310 g/mol. The number of anilines is 2. The molecule has 3 heterocycles. The monoisotopic (exact) mass is 341 g/mol. The van der Waals surface area contributed by atoms with Gasteiger partial charge in [0, 0.05) is 30.1 Å². The van der Waals surface area contributed by atoms with Gasteiger partial charge in [0.2, 0.25) is 5.95 Å². The number of nitrogen functional groups attached to an aromatic ring is 1. The van der Waals surface area contributed by atoms with E-state index in [1.54, 1.807) is 0 Å². The predicted octanol–water partition coefficient (Wildman–Crippen LogP) is 2.79. The lowest BCUT2D eigenvalue weighted by atomic mass is 9.71. The Bertz CT molecular complexity index is 652. The van der Waals surface area contributed by atoms with Crippen molar-refractivity contribution in [3.05, 3.63) is 11.3 Å². The maximum absolute atomic E-state index is 6.21. The van der Waals surface area contributed by atoms with Crippen molar-refractivity contribution in [3.8, 4) is 0 Å². The van der Waals surface area contributed by atoms with Crippen LogP contribution in [0.1, 0.15) is 69.0 Å². The molecule has 2 aliphatic heterocycles. The quantitative estimate of drug-likeness (QED) is 0.822. The standard InChI is InChI=1S/C20H31N5/c21-19-23-17-15(6-3-10-20(17)8-1-2-9-20)18(24-19)25-12-7-16-14(13-25)5-4-11-22-16/h14,16,22H,1-13H2,(H2,21,23,24)/t14-,16-/m1/s1. The summed E-state index contributed by atoms with van der Waals surface area (Å²) in [5.41, 5.74) is 9.28. The van der Waals surface area contributed by atoms with E-state index in [1.807, 2.05) is 0 Å². The number of fused-ring (bicyclic) bond motifs is 3. The number of hydrogen-bond donors (Lipinski definition) is 2. The van der Waals surface area contributed by atoms with Gasteiger partial charge in [0.1, 0.15) is 5.82 Å².